The van der Waals surface area contributed by atoms with Gasteiger partial charge in [0.2, 0.25) is 0 Å². The third-order valence-corrected chi connectivity index (χ3v) is 2.96. The lowest BCUT2D eigenvalue weighted by atomic mass is 9.98. The molecule has 1 aromatic rings. The van der Waals surface area contributed by atoms with Gasteiger partial charge in [-0.2, -0.15) is 0 Å². The van der Waals surface area contributed by atoms with Crippen molar-refractivity contribution in [1.29, 1.82) is 0 Å². The monoisotopic (exact) mass is 234 g/mol. The molecule has 0 aliphatic carbocycles. The van der Waals surface area contributed by atoms with E-state index in [4.69, 9.17) is 4.74 Å². The molecule has 0 saturated carbocycles. The van der Waals surface area contributed by atoms with Crippen LogP contribution in [0.1, 0.15) is 49.5 Å². The van der Waals surface area contributed by atoms with Crippen LogP contribution < -0.4 is 0 Å². The summed E-state index contributed by atoms with van der Waals surface area (Å²) in [6, 6.07) is 6.11. The number of carbonyl (C=O) groups excluding carboxylic acids is 1. The maximum atomic E-state index is 12.0. The van der Waals surface area contributed by atoms with Gasteiger partial charge >= 0.3 is 0 Å². The van der Waals surface area contributed by atoms with Gasteiger partial charge in [-0.05, 0) is 43.9 Å². The molecule has 0 aliphatic heterocycles. The first kappa shape index (κ1) is 13.9. The molecule has 1 rings (SSSR count). The summed E-state index contributed by atoms with van der Waals surface area (Å²) in [5, 5.41) is 0. The minimum absolute atomic E-state index is 0.178. The molecule has 0 aromatic heterocycles. The Bertz CT molecular complexity index is 383. The molecule has 17 heavy (non-hydrogen) atoms. The van der Waals surface area contributed by atoms with E-state index < -0.39 is 0 Å². The van der Waals surface area contributed by atoms with Gasteiger partial charge in [0, 0.05) is 13.0 Å². The topological polar surface area (TPSA) is 26.3 Å². The maximum Gasteiger partial charge on any atom is 0.166 e. The fraction of sp³-hybridized carbons (Fsp3) is 0.533. The number of benzene rings is 1. The highest BCUT2D eigenvalue weighted by molar-refractivity contribution is 5.84. The number of hydrogen-bond donors (Lipinski definition) is 0. The molecule has 0 heterocycles. The first-order chi connectivity index (χ1) is 8.10. The van der Waals surface area contributed by atoms with E-state index in [0.717, 1.165) is 12.0 Å². The number of ketones is 1. The van der Waals surface area contributed by atoms with Crippen molar-refractivity contribution in [2.45, 2.75) is 46.6 Å². The second kappa shape index (κ2) is 6.55. The average Bonchev–Trinajstić information content (AvgIpc) is 2.30. The number of rotatable bonds is 6. The zero-order valence-corrected chi connectivity index (χ0v) is 11.2. The Morgan fingerprint density at radius 1 is 1.24 bits per heavy atom. The third-order valence-electron chi connectivity index (χ3n) is 2.96. The first-order valence-electron chi connectivity index (χ1n) is 6.31. The van der Waals surface area contributed by atoms with Crippen LogP contribution in [0.4, 0.5) is 0 Å². The highest BCUT2D eigenvalue weighted by Gasteiger charge is 2.20. The van der Waals surface area contributed by atoms with Crippen molar-refractivity contribution in [3.05, 3.63) is 34.9 Å². The van der Waals surface area contributed by atoms with Crippen molar-refractivity contribution in [2.75, 3.05) is 6.61 Å². The summed E-state index contributed by atoms with van der Waals surface area (Å²) >= 11 is 0. The largest absolute Gasteiger partial charge is 0.366 e. The Balaban J connectivity index is 2.96. The normalized spacial score (nSPS) is 12.5. The average molecular weight is 234 g/mol. The quantitative estimate of drug-likeness (QED) is 0.749. The van der Waals surface area contributed by atoms with Crippen molar-refractivity contribution in [2.24, 2.45) is 0 Å². The van der Waals surface area contributed by atoms with E-state index in [1.165, 1.54) is 11.1 Å². The van der Waals surface area contributed by atoms with Crippen LogP contribution in [-0.4, -0.2) is 12.4 Å². The lowest BCUT2D eigenvalue weighted by Gasteiger charge is -2.17. The van der Waals surface area contributed by atoms with E-state index in [1.807, 2.05) is 19.9 Å². The molecule has 1 unspecified atom stereocenters. The molecule has 0 fully saturated rings. The van der Waals surface area contributed by atoms with Gasteiger partial charge in [0.25, 0.3) is 0 Å². The number of carbonyl (C=O) groups is 1. The van der Waals surface area contributed by atoms with Gasteiger partial charge < -0.3 is 4.74 Å². The van der Waals surface area contributed by atoms with Crippen molar-refractivity contribution >= 4 is 5.78 Å². The molecule has 0 bridgehead atoms. The Morgan fingerprint density at radius 2 is 1.94 bits per heavy atom. The first-order valence-corrected chi connectivity index (χ1v) is 6.31. The van der Waals surface area contributed by atoms with E-state index in [-0.39, 0.29) is 11.9 Å². The lowest BCUT2D eigenvalue weighted by molar-refractivity contribution is -0.130. The number of ether oxygens (including phenoxy) is 1. The summed E-state index contributed by atoms with van der Waals surface area (Å²) in [4.78, 5) is 12.0. The van der Waals surface area contributed by atoms with E-state index in [2.05, 4.69) is 26.0 Å². The Hall–Kier alpha value is -1.15. The summed E-state index contributed by atoms with van der Waals surface area (Å²) < 4.78 is 5.59. The SMILES string of the molecule is CCCC(=O)C(OCC)c1ccc(C)c(C)c1. The molecule has 1 aromatic carbocycles. The lowest BCUT2D eigenvalue weighted by Crippen LogP contribution is -2.16. The van der Waals surface area contributed by atoms with Gasteiger partial charge in [-0.1, -0.05) is 25.1 Å². The smallest absolute Gasteiger partial charge is 0.166 e. The van der Waals surface area contributed by atoms with Gasteiger partial charge in [0.1, 0.15) is 6.10 Å². The van der Waals surface area contributed by atoms with Crippen LogP contribution in [0, 0.1) is 13.8 Å². The van der Waals surface area contributed by atoms with Crippen molar-refractivity contribution in [1.82, 2.24) is 0 Å². The molecule has 0 spiro atoms. The molecule has 0 amide bonds. The van der Waals surface area contributed by atoms with Gasteiger partial charge in [-0.3, -0.25) is 4.79 Å². The molecular formula is C15H22O2. The number of Topliss-reactive ketones (excluding diaryl/α,β-unsaturated/α-hetero) is 1. The van der Waals surface area contributed by atoms with Crippen LogP contribution in [0.3, 0.4) is 0 Å². The molecule has 0 saturated heterocycles. The van der Waals surface area contributed by atoms with Crippen LogP contribution in [0.5, 0.6) is 0 Å². The maximum absolute atomic E-state index is 12.0. The predicted molar refractivity (Wildman–Crippen MR) is 70.2 cm³/mol. The molecule has 0 radical (unpaired) electrons. The molecule has 94 valence electrons. The minimum Gasteiger partial charge on any atom is -0.366 e. The zero-order chi connectivity index (χ0) is 12.8. The molecule has 2 nitrogen and oxygen atoms in total. The van der Waals surface area contributed by atoms with Crippen molar-refractivity contribution < 1.29 is 9.53 Å². The van der Waals surface area contributed by atoms with Crippen LogP contribution in [-0.2, 0) is 9.53 Å². The summed E-state index contributed by atoms with van der Waals surface area (Å²) in [7, 11) is 0. The van der Waals surface area contributed by atoms with E-state index >= 15 is 0 Å². The van der Waals surface area contributed by atoms with E-state index in [9.17, 15) is 4.79 Å². The third kappa shape index (κ3) is 3.67. The second-order valence-electron chi connectivity index (χ2n) is 4.40. The molecule has 0 N–H and O–H groups in total. The van der Waals surface area contributed by atoms with Gasteiger partial charge in [0.15, 0.2) is 5.78 Å². The summed E-state index contributed by atoms with van der Waals surface area (Å²) in [5.41, 5.74) is 3.43. The fourth-order valence-electron chi connectivity index (χ4n) is 1.85. The van der Waals surface area contributed by atoms with Crippen LogP contribution in [0.25, 0.3) is 0 Å². The molecule has 1 atom stereocenters. The van der Waals surface area contributed by atoms with Crippen LogP contribution in [0.15, 0.2) is 18.2 Å². The summed E-state index contributed by atoms with van der Waals surface area (Å²) in [6.07, 6.45) is 1.06. The van der Waals surface area contributed by atoms with Gasteiger partial charge in [-0.25, -0.2) is 0 Å². The predicted octanol–water partition coefficient (Wildman–Crippen LogP) is 3.75. The van der Waals surface area contributed by atoms with Gasteiger partial charge in [0.05, 0.1) is 0 Å². The van der Waals surface area contributed by atoms with Crippen molar-refractivity contribution in [3.8, 4) is 0 Å². The zero-order valence-electron chi connectivity index (χ0n) is 11.2. The Labute approximate surface area is 104 Å². The standard InChI is InChI=1S/C15H22O2/c1-5-7-14(16)15(17-6-2)13-9-8-11(3)12(4)10-13/h8-10,15H,5-7H2,1-4H3. The van der Waals surface area contributed by atoms with Crippen LogP contribution in [0.2, 0.25) is 0 Å². The molecule has 0 aliphatic rings. The highest BCUT2D eigenvalue weighted by atomic mass is 16.5. The Kier molecular flexibility index (Phi) is 5.36. The number of aryl methyl sites for hydroxylation is 2. The van der Waals surface area contributed by atoms with Gasteiger partial charge in [-0.15, -0.1) is 0 Å². The fourth-order valence-corrected chi connectivity index (χ4v) is 1.85. The Morgan fingerprint density at radius 3 is 2.47 bits per heavy atom. The minimum atomic E-state index is -0.390. The molecular weight excluding hydrogens is 212 g/mol. The highest BCUT2D eigenvalue weighted by Crippen LogP contribution is 2.23. The van der Waals surface area contributed by atoms with E-state index in [0.29, 0.717) is 13.0 Å². The van der Waals surface area contributed by atoms with Crippen LogP contribution >= 0.6 is 0 Å². The van der Waals surface area contributed by atoms with E-state index in [1.54, 1.807) is 0 Å². The van der Waals surface area contributed by atoms with Crippen molar-refractivity contribution in [3.63, 3.8) is 0 Å². The summed E-state index contributed by atoms with van der Waals surface area (Å²) in [5.74, 6) is 0.178. The second-order valence-corrected chi connectivity index (χ2v) is 4.40. The summed E-state index contributed by atoms with van der Waals surface area (Å²) in [6.45, 7) is 8.64. The number of hydrogen-bond acceptors (Lipinski definition) is 2. The molecule has 2 heteroatoms.